The minimum absolute atomic E-state index is 0.0482. The highest BCUT2D eigenvalue weighted by molar-refractivity contribution is 5.83. The quantitative estimate of drug-likeness (QED) is 0.800. The monoisotopic (exact) mass is 381 g/mol. The third-order valence-electron chi connectivity index (χ3n) is 4.97. The highest BCUT2D eigenvalue weighted by Gasteiger charge is 2.50. The van der Waals surface area contributed by atoms with Gasteiger partial charge in [-0.15, -0.1) is 5.11 Å². The molecule has 3 aliphatic heterocycles. The van der Waals surface area contributed by atoms with E-state index in [0.29, 0.717) is 12.4 Å². The summed E-state index contributed by atoms with van der Waals surface area (Å²) in [6.07, 6.45) is -1.69. The number of amides is 1. The number of rotatable bonds is 4. The minimum Gasteiger partial charge on any atom is -0.491 e. The number of nitrogens with zero attached hydrogens (tertiary/aromatic N) is 3. The van der Waals surface area contributed by atoms with Crippen molar-refractivity contribution < 1.29 is 27.4 Å². The SMILES string of the molecule is O=C1N=NC=C(N2Cc3cccc(OC[C@@H]4CCCO4)c3C2)C1C(F)(F)F. The van der Waals surface area contributed by atoms with Crippen molar-refractivity contribution in [2.45, 2.75) is 38.2 Å². The molecule has 1 aromatic rings. The van der Waals surface area contributed by atoms with E-state index < -0.39 is 18.0 Å². The molecule has 0 aliphatic carbocycles. The van der Waals surface area contributed by atoms with Gasteiger partial charge in [-0.05, 0) is 24.5 Å². The smallest absolute Gasteiger partial charge is 0.406 e. The molecule has 0 aromatic heterocycles. The second kappa shape index (κ2) is 6.95. The van der Waals surface area contributed by atoms with Crippen LogP contribution in [0.1, 0.15) is 24.0 Å². The lowest BCUT2D eigenvalue weighted by Crippen LogP contribution is -2.38. The number of fused-ring (bicyclic) bond motifs is 1. The molecule has 1 aromatic carbocycles. The van der Waals surface area contributed by atoms with Crippen LogP contribution in [0.15, 0.2) is 40.3 Å². The molecule has 1 saturated heterocycles. The van der Waals surface area contributed by atoms with Gasteiger partial charge in [0.15, 0.2) is 5.92 Å². The zero-order chi connectivity index (χ0) is 19.0. The molecule has 9 heteroatoms. The van der Waals surface area contributed by atoms with Crippen LogP contribution in [-0.2, 0) is 22.6 Å². The maximum atomic E-state index is 13.4. The number of hydrogen-bond donors (Lipinski definition) is 0. The second-order valence-electron chi connectivity index (χ2n) is 6.78. The average Bonchev–Trinajstić information content (AvgIpc) is 3.28. The number of alkyl halides is 3. The standard InChI is InChI=1S/C18H18F3N3O3/c19-18(20,21)16-14(7-22-23-17(16)25)24-8-11-3-1-5-15(13(11)9-24)27-10-12-4-2-6-26-12/h1,3,5,7,12,16H,2,4,6,8-10H2/t12-,16?/m0/s1. The topological polar surface area (TPSA) is 63.5 Å². The van der Waals surface area contributed by atoms with E-state index in [9.17, 15) is 18.0 Å². The maximum absolute atomic E-state index is 13.4. The molecule has 1 unspecified atom stereocenters. The van der Waals surface area contributed by atoms with Crippen LogP contribution in [-0.4, -0.2) is 36.3 Å². The van der Waals surface area contributed by atoms with E-state index >= 15 is 0 Å². The van der Waals surface area contributed by atoms with E-state index in [1.54, 1.807) is 6.07 Å². The summed E-state index contributed by atoms with van der Waals surface area (Å²) in [5.74, 6) is -2.93. The molecule has 144 valence electrons. The molecule has 0 radical (unpaired) electrons. The molecule has 6 nitrogen and oxygen atoms in total. The van der Waals surface area contributed by atoms with Gasteiger partial charge >= 0.3 is 6.18 Å². The number of azo groups is 1. The van der Waals surface area contributed by atoms with Gasteiger partial charge in [0, 0.05) is 25.3 Å². The van der Waals surface area contributed by atoms with Crippen LogP contribution in [0.4, 0.5) is 13.2 Å². The summed E-state index contributed by atoms with van der Waals surface area (Å²) in [6.45, 7) is 1.62. The third-order valence-corrected chi connectivity index (χ3v) is 4.97. The van der Waals surface area contributed by atoms with Gasteiger partial charge < -0.3 is 14.4 Å². The summed E-state index contributed by atoms with van der Waals surface area (Å²) in [5.41, 5.74) is 1.52. The Labute approximate surface area is 153 Å². The van der Waals surface area contributed by atoms with Crippen LogP contribution in [0.3, 0.4) is 0 Å². The molecular weight excluding hydrogens is 363 g/mol. The predicted octanol–water partition coefficient (Wildman–Crippen LogP) is 3.57. The van der Waals surface area contributed by atoms with Gasteiger partial charge in [0.25, 0.3) is 5.91 Å². The van der Waals surface area contributed by atoms with Gasteiger partial charge in [-0.3, -0.25) is 4.79 Å². The first kappa shape index (κ1) is 18.0. The lowest BCUT2D eigenvalue weighted by atomic mass is 10.0. The minimum atomic E-state index is -4.71. The van der Waals surface area contributed by atoms with Crippen molar-refractivity contribution in [3.8, 4) is 5.75 Å². The van der Waals surface area contributed by atoms with Gasteiger partial charge in [0.05, 0.1) is 18.0 Å². The normalized spacial score (nSPS) is 24.9. The van der Waals surface area contributed by atoms with E-state index in [0.717, 1.165) is 36.8 Å². The lowest BCUT2D eigenvalue weighted by molar-refractivity contribution is -0.177. The Morgan fingerprint density at radius 1 is 1.30 bits per heavy atom. The number of carbonyl (C=O) groups excluding carboxylic acids is 1. The summed E-state index contributed by atoms with van der Waals surface area (Å²) in [7, 11) is 0. The summed E-state index contributed by atoms with van der Waals surface area (Å²) >= 11 is 0. The molecule has 4 rings (SSSR count). The van der Waals surface area contributed by atoms with Gasteiger partial charge in [-0.25, -0.2) is 0 Å². The molecule has 3 aliphatic rings. The molecule has 0 saturated carbocycles. The van der Waals surface area contributed by atoms with E-state index in [2.05, 4.69) is 10.2 Å². The number of carbonyl (C=O) groups is 1. The molecule has 1 fully saturated rings. The Morgan fingerprint density at radius 2 is 2.15 bits per heavy atom. The fourth-order valence-corrected chi connectivity index (χ4v) is 3.64. The average molecular weight is 381 g/mol. The Balaban J connectivity index is 1.53. The number of hydrogen-bond acceptors (Lipinski definition) is 5. The number of benzene rings is 1. The predicted molar refractivity (Wildman–Crippen MR) is 87.6 cm³/mol. The fourth-order valence-electron chi connectivity index (χ4n) is 3.64. The van der Waals surface area contributed by atoms with E-state index in [4.69, 9.17) is 9.47 Å². The maximum Gasteiger partial charge on any atom is 0.406 e. The Morgan fingerprint density at radius 3 is 2.89 bits per heavy atom. The van der Waals surface area contributed by atoms with Crippen LogP contribution in [0, 0.1) is 5.92 Å². The first-order chi connectivity index (χ1) is 12.9. The molecule has 0 spiro atoms. The van der Waals surface area contributed by atoms with Crippen LogP contribution >= 0.6 is 0 Å². The van der Waals surface area contributed by atoms with Crippen LogP contribution in [0.25, 0.3) is 0 Å². The molecule has 0 N–H and O–H groups in total. The van der Waals surface area contributed by atoms with Crippen LogP contribution in [0.2, 0.25) is 0 Å². The van der Waals surface area contributed by atoms with Gasteiger partial charge in [0.1, 0.15) is 12.4 Å². The number of ether oxygens (including phenoxy) is 2. The highest BCUT2D eigenvalue weighted by atomic mass is 19.4. The van der Waals surface area contributed by atoms with Crippen molar-refractivity contribution in [2.24, 2.45) is 16.1 Å². The first-order valence-electron chi connectivity index (χ1n) is 8.75. The fraction of sp³-hybridized carbons (Fsp3) is 0.500. The van der Waals surface area contributed by atoms with Crippen molar-refractivity contribution in [3.05, 3.63) is 41.2 Å². The Kier molecular flexibility index (Phi) is 4.63. The zero-order valence-corrected chi connectivity index (χ0v) is 14.4. The van der Waals surface area contributed by atoms with Crippen molar-refractivity contribution in [1.82, 2.24) is 4.90 Å². The van der Waals surface area contributed by atoms with E-state index in [1.807, 2.05) is 12.1 Å². The number of halogens is 3. The van der Waals surface area contributed by atoms with Crippen molar-refractivity contribution >= 4 is 5.91 Å². The molecule has 3 heterocycles. The first-order valence-corrected chi connectivity index (χ1v) is 8.75. The van der Waals surface area contributed by atoms with E-state index in [1.165, 1.54) is 4.90 Å². The summed E-state index contributed by atoms with van der Waals surface area (Å²) in [4.78, 5) is 13.2. The molecule has 27 heavy (non-hydrogen) atoms. The molecule has 0 bridgehead atoms. The summed E-state index contributed by atoms with van der Waals surface area (Å²) in [6, 6.07) is 5.47. The van der Waals surface area contributed by atoms with Gasteiger partial charge in [-0.1, -0.05) is 12.1 Å². The van der Waals surface area contributed by atoms with Crippen molar-refractivity contribution in [3.63, 3.8) is 0 Å². The van der Waals surface area contributed by atoms with Gasteiger partial charge in [-0.2, -0.15) is 18.3 Å². The Hall–Kier alpha value is -2.42. The zero-order valence-electron chi connectivity index (χ0n) is 14.4. The largest absolute Gasteiger partial charge is 0.491 e. The van der Waals surface area contributed by atoms with E-state index in [-0.39, 0.29) is 24.9 Å². The van der Waals surface area contributed by atoms with Crippen molar-refractivity contribution in [1.29, 1.82) is 0 Å². The summed E-state index contributed by atoms with van der Waals surface area (Å²) in [5, 5.41) is 6.51. The molecule has 2 atom stereocenters. The van der Waals surface area contributed by atoms with Crippen LogP contribution in [0.5, 0.6) is 5.75 Å². The highest BCUT2D eigenvalue weighted by Crippen LogP contribution is 2.41. The van der Waals surface area contributed by atoms with Gasteiger partial charge in [0.2, 0.25) is 0 Å². The summed E-state index contributed by atoms with van der Waals surface area (Å²) < 4.78 is 51.5. The third kappa shape index (κ3) is 3.55. The van der Waals surface area contributed by atoms with Crippen molar-refractivity contribution in [2.75, 3.05) is 13.2 Å². The molecular formula is C18H18F3N3O3. The van der Waals surface area contributed by atoms with Crippen LogP contribution < -0.4 is 4.74 Å². The Bertz CT molecular complexity index is 801. The molecule has 1 amide bonds. The second-order valence-corrected chi connectivity index (χ2v) is 6.78. The lowest BCUT2D eigenvalue weighted by Gasteiger charge is -2.29.